The second-order valence-corrected chi connectivity index (χ2v) is 7.27. The molecular formula is C24H21ClN2O4. The topological polar surface area (TPSA) is 73.6 Å². The third-order valence-electron chi connectivity index (χ3n) is 4.97. The molecule has 0 saturated carbocycles. The van der Waals surface area contributed by atoms with Gasteiger partial charge in [-0.05, 0) is 54.4 Å². The Morgan fingerprint density at radius 2 is 1.81 bits per heavy atom. The minimum atomic E-state index is -0.368. The third kappa shape index (κ3) is 4.07. The van der Waals surface area contributed by atoms with Crippen LogP contribution < -0.4 is 14.8 Å². The maximum atomic E-state index is 13.0. The fourth-order valence-corrected chi connectivity index (χ4v) is 3.54. The van der Waals surface area contributed by atoms with E-state index in [0.717, 1.165) is 11.9 Å². The van der Waals surface area contributed by atoms with Gasteiger partial charge in [-0.2, -0.15) is 0 Å². The zero-order valence-corrected chi connectivity index (χ0v) is 18.1. The molecule has 0 radical (unpaired) electrons. The summed E-state index contributed by atoms with van der Waals surface area (Å²) >= 11 is 6.41. The van der Waals surface area contributed by atoms with Crippen molar-refractivity contribution in [2.75, 3.05) is 19.5 Å². The standard InChI is InChI=1S/C24H21ClN2O4/c1-4-14-8-11-19-18(12-14)27-24(31-19)16-13-15(9-10-17(16)25)26-23(28)22-20(29-2)6-5-7-21(22)30-3/h5-13H,4H2,1-3H3,(H,26,28). The van der Waals surface area contributed by atoms with Gasteiger partial charge in [0, 0.05) is 5.69 Å². The lowest BCUT2D eigenvalue weighted by molar-refractivity contribution is 0.102. The van der Waals surface area contributed by atoms with Gasteiger partial charge in [-0.1, -0.05) is 30.7 Å². The number of hydrogen-bond acceptors (Lipinski definition) is 5. The van der Waals surface area contributed by atoms with Crippen LogP contribution >= 0.6 is 11.6 Å². The van der Waals surface area contributed by atoms with Gasteiger partial charge in [0.2, 0.25) is 5.89 Å². The molecule has 0 aliphatic carbocycles. The number of methoxy groups -OCH3 is 2. The number of anilines is 1. The Balaban J connectivity index is 1.68. The van der Waals surface area contributed by atoms with E-state index in [2.05, 4.69) is 17.2 Å². The number of amides is 1. The highest BCUT2D eigenvalue weighted by Crippen LogP contribution is 2.34. The van der Waals surface area contributed by atoms with E-state index in [1.54, 1.807) is 36.4 Å². The fourth-order valence-electron chi connectivity index (χ4n) is 3.34. The predicted octanol–water partition coefficient (Wildman–Crippen LogP) is 5.98. The van der Waals surface area contributed by atoms with Gasteiger partial charge in [0.25, 0.3) is 5.91 Å². The first-order valence-electron chi connectivity index (χ1n) is 9.75. The largest absolute Gasteiger partial charge is 0.496 e. The number of hydrogen-bond donors (Lipinski definition) is 1. The van der Waals surface area contributed by atoms with Gasteiger partial charge in [0.05, 0.1) is 24.8 Å². The van der Waals surface area contributed by atoms with Crippen LogP contribution in [0.5, 0.6) is 11.5 Å². The van der Waals surface area contributed by atoms with Crippen LogP contribution in [0.2, 0.25) is 5.02 Å². The average Bonchev–Trinajstić information content (AvgIpc) is 3.22. The molecular weight excluding hydrogens is 416 g/mol. The first-order valence-corrected chi connectivity index (χ1v) is 10.1. The highest BCUT2D eigenvalue weighted by molar-refractivity contribution is 6.33. The van der Waals surface area contributed by atoms with Crippen molar-refractivity contribution >= 4 is 34.3 Å². The summed E-state index contributed by atoms with van der Waals surface area (Å²) in [5.41, 5.74) is 4.04. The number of aryl methyl sites for hydroxylation is 1. The van der Waals surface area contributed by atoms with Gasteiger partial charge in [-0.15, -0.1) is 0 Å². The van der Waals surface area contributed by atoms with Crippen LogP contribution in [-0.2, 0) is 6.42 Å². The number of oxazole rings is 1. The summed E-state index contributed by atoms with van der Waals surface area (Å²) in [7, 11) is 3.01. The minimum Gasteiger partial charge on any atom is -0.496 e. The maximum Gasteiger partial charge on any atom is 0.263 e. The van der Waals surface area contributed by atoms with Crippen molar-refractivity contribution < 1.29 is 18.7 Å². The molecule has 31 heavy (non-hydrogen) atoms. The Morgan fingerprint density at radius 1 is 1.06 bits per heavy atom. The molecule has 0 aliphatic rings. The molecule has 0 spiro atoms. The lowest BCUT2D eigenvalue weighted by Gasteiger charge is -2.13. The number of ether oxygens (including phenoxy) is 2. The van der Waals surface area contributed by atoms with Crippen LogP contribution in [0.1, 0.15) is 22.8 Å². The number of fused-ring (bicyclic) bond motifs is 1. The molecule has 0 unspecified atom stereocenters. The summed E-state index contributed by atoms with van der Waals surface area (Å²) in [6.07, 6.45) is 0.910. The molecule has 0 fully saturated rings. The van der Waals surface area contributed by atoms with E-state index in [4.69, 9.17) is 25.5 Å². The van der Waals surface area contributed by atoms with E-state index in [9.17, 15) is 4.79 Å². The maximum absolute atomic E-state index is 13.0. The lowest BCUT2D eigenvalue weighted by Crippen LogP contribution is -2.14. The molecule has 0 saturated heterocycles. The number of nitrogens with one attached hydrogen (secondary N) is 1. The molecule has 1 heterocycles. The van der Waals surface area contributed by atoms with Crippen LogP contribution in [0, 0.1) is 0 Å². The summed E-state index contributed by atoms with van der Waals surface area (Å²) in [6, 6.07) is 16.2. The van der Waals surface area contributed by atoms with Crippen molar-refractivity contribution in [3.63, 3.8) is 0 Å². The second-order valence-electron chi connectivity index (χ2n) is 6.86. The minimum absolute atomic E-state index is 0.304. The summed E-state index contributed by atoms with van der Waals surface area (Å²) < 4.78 is 16.6. The molecule has 1 amide bonds. The lowest BCUT2D eigenvalue weighted by atomic mass is 10.1. The van der Waals surface area contributed by atoms with Crippen LogP contribution in [0.15, 0.2) is 59.0 Å². The zero-order chi connectivity index (χ0) is 22.0. The molecule has 0 atom stereocenters. The Kier molecular flexibility index (Phi) is 5.82. The predicted molar refractivity (Wildman–Crippen MR) is 121 cm³/mol. The van der Waals surface area contributed by atoms with Crippen molar-refractivity contribution in [2.24, 2.45) is 0 Å². The molecule has 3 aromatic carbocycles. The van der Waals surface area contributed by atoms with E-state index in [-0.39, 0.29) is 5.91 Å². The highest BCUT2D eigenvalue weighted by atomic mass is 35.5. The Bertz CT molecular complexity index is 1240. The number of carbonyl (C=O) groups is 1. The van der Waals surface area contributed by atoms with Crippen molar-refractivity contribution in [3.8, 4) is 23.0 Å². The van der Waals surface area contributed by atoms with E-state index >= 15 is 0 Å². The van der Waals surface area contributed by atoms with E-state index in [0.29, 0.717) is 44.8 Å². The molecule has 7 heteroatoms. The van der Waals surface area contributed by atoms with Crippen molar-refractivity contribution in [1.82, 2.24) is 4.98 Å². The van der Waals surface area contributed by atoms with Crippen molar-refractivity contribution in [1.29, 1.82) is 0 Å². The summed E-state index contributed by atoms with van der Waals surface area (Å²) in [6.45, 7) is 2.09. The van der Waals surface area contributed by atoms with E-state index in [1.807, 2.05) is 18.2 Å². The molecule has 6 nitrogen and oxygen atoms in total. The van der Waals surface area contributed by atoms with Gasteiger partial charge in [0.15, 0.2) is 5.58 Å². The fraction of sp³-hybridized carbons (Fsp3) is 0.167. The summed E-state index contributed by atoms with van der Waals surface area (Å²) in [4.78, 5) is 17.6. The van der Waals surface area contributed by atoms with Crippen LogP contribution in [-0.4, -0.2) is 25.1 Å². The molecule has 0 aliphatic heterocycles. The molecule has 0 bridgehead atoms. The van der Waals surface area contributed by atoms with Gasteiger partial charge in [-0.25, -0.2) is 4.98 Å². The van der Waals surface area contributed by atoms with Crippen molar-refractivity contribution in [3.05, 3.63) is 70.7 Å². The first kappa shape index (κ1) is 20.8. The number of rotatable bonds is 6. The first-order chi connectivity index (χ1) is 15.0. The second kappa shape index (κ2) is 8.70. The van der Waals surface area contributed by atoms with Crippen LogP contribution in [0.4, 0.5) is 5.69 Å². The number of halogens is 1. The number of nitrogens with zero attached hydrogens (tertiary/aromatic N) is 1. The third-order valence-corrected chi connectivity index (χ3v) is 5.30. The highest BCUT2D eigenvalue weighted by Gasteiger charge is 2.19. The smallest absolute Gasteiger partial charge is 0.263 e. The summed E-state index contributed by atoms with van der Waals surface area (Å²) in [5.74, 6) is 0.848. The van der Waals surface area contributed by atoms with E-state index in [1.165, 1.54) is 19.8 Å². The average molecular weight is 437 g/mol. The Hall–Kier alpha value is -3.51. The van der Waals surface area contributed by atoms with Crippen LogP contribution in [0.25, 0.3) is 22.6 Å². The molecule has 1 aromatic heterocycles. The van der Waals surface area contributed by atoms with E-state index < -0.39 is 0 Å². The van der Waals surface area contributed by atoms with Gasteiger partial charge >= 0.3 is 0 Å². The SMILES string of the molecule is CCc1ccc2oc(-c3cc(NC(=O)c4c(OC)cccc4OC)ccc3Cl)nc2c1. The van der Waals surface area contributed by atoms with Gasteiger partial charge in [-0.3, -0.25) is 4.79 Å². The van der Waals surface area contributed by atoms with Gasteiger partial charge < -0.3 is 19.2 Å². The Labute approximate surface area is 184 Å². The quantitative estimate of drug-likeness (QED) is 0.402. The number of aromatic nitrogens is 1. The number of benzene rings is 3. The Morgan fingerprint density at radius 3 is 2.48 bits per heavy atom. The summed E-state index contributed by atoms with van der Waals surface area (Å²) in [5, 5.41) is 3.34. The monoisotopic (exact) mass is 436 g/mol. The zero-order valence-electron chi connectivity index (χ0n) is 17.4. The molecule has 4 aromatic rings. The van der Waals surface area contributed by atoms with Gasteiger partial charge in [0.1, 0.15) is 22.6 Å². The molecule has 4 rings (SSSR count). The molecule has 1 N–H and O–H groups in total. The van der Waals surface area contributed by atoms with Crippen molar-refractivity contribution in [2.45, 2.75) is 13.3 Å². The molecule has 158 valence electrons. The van der Waals surface area contributed by atoms with Crippen LogP contribution in [0.3, 0.4) is 0 Å². The normalized spacial score (nSPS) is 10.8. The number of carbonyl (C=O) groups excluding carboxylic acids is 1.